The molecule has 1 aromatic rings. The molecule has 1 saturated carbocycles. The van der Waals surface area contributed by atoms with E-state index in [9.17, 15) is 0 Å². The number of para-hydroxylation sites is 1. The van der Waals surface area contributed by atoms with E-state index in [4.69, 9.17) is 10.5 Å². The van der Waals surface area contributed by atoms with Crippen molar-refractivity contribution in [2.45, 2.75) is 37.8 Å². The van der Waals surface area contributed by atoms with Gasteiger partial charge in [0.05, 0.1) is 6.04 Å². The van der Waals surface area contributed by atoms with Gasteiger partial charge in [-0.25, -0.2) is 0 Å². The second kappa shape index (κ2) is 5.29. The van der Waals surface area contributed by atoms with Crippen molar-refractivity contribution in [2.24, 2.45) is 11.7 Å². The smallest absolute Gasteiger partial charge is 0.124 e. The van der Waals surface area contributed by atoms with E-state index in [-0.39, 0.29) is 0 Å². The van der Waals surface area contributed by atoms with Gasteiger partial charge in [0.25, 0.3) is 0 Å². The minimum Gasteiger partial charge on any atom is -0.491 e. The summed E-state index contributed by atoms with van der Waals surface area (Å²) in [5, 5.41) is 3.77. The lowest BCUT2D eigenvalue weighted by atomic mass is 9.84. The highest BCUT2D eigenvalue weighted by Crippen LogP contribution is 2.34. The highest BCUT2D eigenvalue weighted by molar-refractivity contribution is 5.39. The fraction of sp³-hybridized carbons (Fsp3) is 0.600. The maximum absolute atomic E-state index is 5.89. The zero-order chi connectivity index (χ0) is 12.4. The first-order valence-corrected chi connectivity index (χ1v) is 7.06. The SMILES string of the molecule is NCC1CCCCC1NC1COc2ccccc21. The molecule has 1 heterocycles. The third-order valence-corrected chi connectivity index (χ3v) is 4.33. The Bertz CT molecular complexity index is 407. The second-order valence-electron chi connectivity index (χ2n) is 5.45. The van der Waals surface area contributed by atoms with Gasteiger partial charge in [-0.3, -0.25) is 0 Å². The Kier molecular flexibility index (Phi) is 3.52. The zero-order valence-corrected chi connectivity index (χ0v) is 10.8. The van der Waals surface area contributed by atoms with Crippen molar-refractivity contribution in [2.75, 3.05) is 13.2 Å². The molecule has 1 aliphatic carbocycles. The van der Waals surface area contributed by atoms with Gasteiger partial charge in [0.2, 0.25) is 0 Å². The number of hydrogen-bond acceptors (Lipinski definition) is 3. The minimum atomic E-state index is 0.346. The molecule has 3 N–H and O–H groups in total. The lowest BCUT2D eigenvalue weighted by molar-refractivity contribution is 0.226. The van der Waals surface area contributed by atoms with Crippen molar-refractivity contribution < 1.29 is 4.74 Å². The van der Waals surface area contributed by atoms with E-state index in [1.165, 1.54) is 31.2 Å². The summed E-state index contributed by atoms with van der Waals surface area (Å²) in [5.41, 5.74) is 7.20. The highest BCUT2D eigenvalue weighted by Gasteiger charge is 2.30. The summed E-state index contributed by atoms with van der Waals surface area (Å²) in [4.78, 5) is 0. The standard InChI is InChI=1S/C15H22N2O/c16-9-11-5-1-3-7-13(11)17-14-10-18-15-8-4-2-6-12(14)15/h2,4,6,8,11,13-14,17H,1,3,5,7,9-10,16H2. The molecule has 0 saturated heterocycles. The van der Waals surface area contributed by atoms with Crippen LogP contribution in [-0.2, 0) is 0 Å². The Labute approximate surface area is 109 Å². The summed E-state index contributed by atoms with van der Waals surface area (Å²) in [6.45, 7) is 1.56. The number of ether oxygens (including phenoxy) is 1. The van der Waals surface area contributed by atoms with Crippen LogP contribution in [0.2, 0.25) is 0 Å². The van der Waals surface area contributed by atoms with Crippen molar-refractivity contribution in [3.05, 3.63) is 29.8 Å². The Morgan fingerprint density at radius 1 is 1.22 bits per heavy atom. The molecule has 1 fully saturated rings. The summed E-state index contributed by atoms with van der Waals surface area (Å²) >= 11 is 0. The summed E-state index contributed by atoms with van der Waals surface area (Å²) in [7, 11) is 0. The average Bonchev–Trinajstić information content (AvgIpc) is 2.83. The first-order valence-electron chi connectivity index (χ1n) is 7.06. The molecule has 0 spiro atoms. The van der Waals surface area contributed by atoms with Crippen LogP contribution in [0.4, 0.5) is 0 Å². The van der Waals surface area contributed by atoms with Gasteiger partial charge in [-0.2, -0.15) is 0 Å². The van der Waals surface area contributed by atoms with Crippen molar-refractivity contribution >= 4 is 0 Å². The quantitative estimate of drug-likeness (QED) is 0.859. The maximum atomic E-state index is 5.89. The first kappa shape index (κ1) is 12.0. The summed E-state index contributed by atoms with van der Waals surface area (Å²) in [6.07, 6.45) is 5.17. The van der Waals surface area contributed by atoms with Crippen molar-refractivity contribution in [3.63, 3.8) is 0 Å². The number of hydrogen-bond donors (Lipinski definition) is 2. The predicted molar refractivity (Wildman–Crippen MR) is 72.6 cm³/mol. The predicted octanol–water partition coefficient (Wildman–Crippen LogP) is 2.23. The number of rotatable bonds is 3. The summed E-state index contributed by atoms with van der Waals surface area (Å²) in [6, 6.07) is 9.24. The van der Waals surface area contributed by atoms with Crippen molar-refractivity contribution in [1.29, 1.82) is 0 Å². The van der Waals surface area contributed by atoms with E-state index < -0.39 is 0 Å². The summed E-state index contributed by atoms with van der Waals surface area (Å²) < 4.78 is 5.73. The van der Waals surface area contributed by atoms with Crippen LogP contribution in [-0.4, -0.2) is 19.2 Å². The van der Waals surface area contributed by atoms with Crippen LogP contribution in [0.5, 0.6) is 5.75 Å². The molecule has 98 valence electrons. The van der Waals surface area contributed by atoms with Gasteiger partial charge in [-0.05, 0) is 31.4 Å². The Morgan fingerprint density at radius 3 is 2.94 bits per heavy atom. The molecule has 0 bridgehead atoms. The molecule has 0 amide bonds. The number of fused-ring (bicyclic) bond motifs is 1. The Morgan fingerprint density at radius 2 is 2.06 bits per heavy atom. The molecular weight excluding hydrogens is 224 g/mol. The topological polar surface area (TPSA) is 47.3 Å². The first-order chi connectivity index (χ1) is 8.88. The number of nitrogens with one attached hydrogen (secondary N) is 1. The van der Waals surface area contributed by atoms with Crippen molar-refractivity contribution in [3.8, 4) is 5.75 Å². The average molecular weight is 246 g/mol. The Hall–Kier alpha value is -1.06. The van der Waals surface area contributed by atoms with E-state index >= 15 is 0 Å². The molecule has 18 heavy (non-hydrogen) atoms. The van der Waals surface area contributed by atoms with Crippen LogP contribution < -0.4 is 15.8 Å². The van der Waals surface area contributed by atoms with E-state index in [1.807, 2.05) is 6.07 Å². The molecule has 2 aliphatic rings. The second-order valence-corrected chi connectivity index (χ2v) is 5.45. The van der Waals surface area contributed by atoms with Gasteiger partial charge in [0, 0.05) is 11.6 Å². The minimum absolute atomic E-state index is 0.346. The molecule has 3 rings (SSSR count). The lowest BCUT2D eigenvalue weighted by Crippen LogP contribution is -2.43. The lowest BCUT2D eigenvalue weighted by Gasteiger charge is -2.33. The fourth-order valence-corrected chi connectivity index (χ4v) is 3.27. The van der Waals surface area contributed by atoms with Gasteiger partial charge >= 0.3 is 0 Å². The van der Waals surface area contributed by atoms with Crippen LogP contribution in [0.25, 0.3) is 0 Å². The molecule has 3 unspecified atom stereocenters. The molecular formula is C15H22N2O. The van der Waals surface area contributed by atoms with E-state index in [0.717, 1.165) is 18.9 Å². The maximum Gasteiger partial charge on any atom is 0.124 e. The zero-order valence-electron chi connectivity index (χ0n) is 10.8. The van der Waals surface area contributed by atoms with Crippen LogP contribution >= 0.6 is 0 Å². The van der Waals surface area contributed by atoms with Gasteiger partial charge in [0.15, 0.2) is 0 Å². The van der Waals surface area contributed by atoms with Crippen LogP contribution in [0.3, 0.4) is 0 Å². The molecule has 0 aromatic heterocycles. The molecule has 1 aromatic carbocycles. The van der Waals surface area contributed by atoms with E-state index in [0.29, 0.717) is 18.0 Å². The van der Waals surface area contributed by atoms with Gasteiger partial charge in [0.1, 0.15) is 12.4 Å². The molecule has 1 aliphatic heterocycles. The van der Waals surface area contributed by atoms with Gasteiger partial charge in [-0.1, -0.05) is 31.0 Å². The molecule has 0 radical (unpaired) electrons. The highest BCUT2D eigenvalue weighted by atomic mass is 16.5. The van der Waals surface area contributed by atoms with Gasteiger partial charge < -0.3 is 15.8 Å². The molecule has 3 heteroatoms. The van der Waals surface area contributed by atoms with Crippen LogP contribution in [0, 0.1) is 5.92 Å². The van der Waals surface area contributed by atoms with E-state index in [2.05, 4.69) is 23.5 Å². The van der Waals surface area contributed by atoms with Gasteiger partial charge in [-0.15, -0.1) is 0 Å². The third-order valence-electron chi connectivity index (χ3n) is 4.33. The van der Waals surface area contributed by atoms with E-state index in [1.54, 1.807) is 0 Å². The normalized spacial score (nSPS) is 30.8. The number of nitrogens with two attached hydrogens (primary N) is 1. The van der Waals surface area contributed by atoms with Crippen molar-refractivity contribution in [1.82, 2.24) is 5.32 Å². The molecule has 3 nitrogen and oxygen atoms in total. The monoisotopic (exact) mass is 246 g/mol. The Balaban J connectivity index is 1.70. The van der Waals surface area contributed by atoms with Crippen LogP contribution in [0.15, 0.2) is 24.3 Å². The number of benzene rings is 1. The fourth-order valence-electron chi connectivity index (χ4n) is 3.27. The molecule has 3 atom stereocenters. The summed E-state index contributed by atoms with van der Waals surface area (Å²) in [5.74, 6) is 1.67. The largest absolute Gasteiger partial charge is 0.491 e. The van der Waals surface area contributed by atoms with Crippen LogP contribution in [0.1, 0.15) is 37.3 Å². The third kappa shape index (κ3) is 2.25.